The molecule has 0 atom stereocenters. The topological polar surface area (TPSA) is 101 Å². The summed E-state index contributed by atoms with van der Waals surface area (Å²) in [6.45, 7) is 0. The number of benzene rings is 3. The van der Waals surface area contributed by atoms with E-state index in [1.807, 2.05) is 48.5 Å². The van der Waals surface area contributed by atoms with Gasteiger partial charge in [-0.15, -0.1) is 0 Å². The number of anilines is 1. The van der Waals surface area contributed by atoms with Gasteiger partial charge in [0.05, 0.1) is 11.1 Å². The van der Waals surface area contributed by atoms with Gasteiger partial charge in [-0.1, -0.05) is 36.4 Å². The standard InChI is InChI=1S/C21H16N4O2/c22-19(26)16-7-4-8-17-18(16)25-20(24-17)13-9-11-14(12-10-13)21(27)23-15-5-2-1-3-6-15/h1-12H,(H2,22,26)(H,23,27)(H,24,25). The van der Waals surface area contributed by atoms with Crippen LogP contribution in [0.3, 0.4) is 0 Å². The van der Waals surface area contributed by atoms with Crippen LogP contribution in [0.25, 0.3) is 22.4 Å². The van der Waals surface area contributed by atoms with Crippen LogP contribution in [0.15, 0.2) is 72.8 Å². The van der Waals surface area contributed by atoms with Crippen LogP contribution in [-0.4, -0.2) is 21.8 Å². The molecule has 1 heterocycles. The number of nitrogens with one attached hydrogen (secondary N) is 2. The maximum atomic E-state index is 12.3. The van der Waals surface area contributed by atoms with Crippen molar-refractivity contribution in [1.82, 2.24) is 9.97 Å². The van der Waals surface area contributed by atoms with Crippen molar-refractivity contribution in [1.29, 1.82) is 0 Å². The number of carbonyl (C=O) groups is 2. The molecular weight excluding hydrogens is 340 g/mol. The zero-order chi connectivity index (χ0) is 18.8. The highest BCUT2D eigenvalue weighted by molar-refractivity contribution is 6.05. The molecule has 0 saturated heterocycles. The Balaban J connectivity index is 1.61. The normalized spacial score (nSPS) is 10.7. The molecule has 6 nitrogen and oxygen atoms in total. The van der Waals surface area contributed by atoms with Gasteiger partial charge >= 0.3 is 0 Å². The molecule has 0 bridgehead atoms. The van der Waals surface area contributed by atoms with Crippen LogP contribution in [0.4, 0.5) is 5.69 Å². The van der Waals surface area contributed by atoms with Crippen molar-refractivity contribution >= 4 is 28.5 Å². The fourth-order valence-electron chi connectivity index (χ4n) is 2.87. The summed E-state index contributed by atoms with van der Waals surface area (Å²) in [6.07, 6.45) is 0. The molecule has 0 aliphatic heterocycles. The summed E-state index contributed by atoms with van der Waals surface area (Å²) < 4.78 is 0. The fourth-order valence-corrected chi connectivity index (χ4v) is 2.87. The van der Waals surface area contributed by atoms with Crippen LogP contribution >= 0.6 is 0 Å². The summed E-state index contributed by atoms with van der Waals surface area (Å²) in [5.41, 5.74) is 9.12. The number of carbonyl (C=O) groups excluding carboxylic acids is 2. The predicted octanol–water partition coefficient (Wildman–Crippen LogP) is 3.58. The number of H-pyrrole nitrogens is 1. The lowest BCUT2D eigenvalue weighted by atomic mass is 10.1. The minimum absolute atomic E-state index is 0.187. The van der Waals surface area contributed by atoms with E-state index in [-0.39, 0.29) is 5.91 Å². The summed E-state index contributed by atoms with van der Waals surface area (Å²) in [4.78, 5) is 31.6. The molecule has 0 saturated carbocycles. The number of para-hydroxylation sites is 2. The first kappa shape index (κ1) is 16.5. The average Bonchev–Trinajstić information content (AvgIpc) is 3.13. The number of nitrogens with zero attached hydrogens (tertiary/aromatic N) is 1. The number of amides is 2. The molecule has 0 aliphatic carbocycles. The third-order valence-corrected chi connectivity index (χ3v) is 4.23. The van der Waals surface area contributed by atoms with E-state index in [1.54, 1.807) is 24.3 Å². The van der Waals surface area contributed by atoms with E-state index < -0.39 is 5.91 Å². The SMILES string of the molecule is NC(=O)c1cccc2[nH]c(-c3ccc(C(=O)Nc4ccccc4)cc3)nc12. The monoisotopic (exact) mass is 356 g/mol. The number of hydrogen-bond donors (Lipinski definition) is 3. The van der Waals surface area contributed by atoms with Gasteiger partial charge in [0.2, 0.25) is 0 Å². The van der Waals surface area contributed by atoms with E-state index >= 15 is 0 Å². The zero-order valence-electron chi connectivity index (χ0n) is 14.3. The molecule has 2 amide bonds. The van der Waals surface area contributed by atoms with Crippen molar-refractivity contribution in [3.8, 4) is 11.4 Å². The third kappa shape index (κ3) is 3.28. The summed E-state index contributed by atoms with van der Waals surface area (Å²) in [6, 6.07) is 21.6. The maximum absolute atomic E-state index is 12.3. The number of nitrogens with two attached hydrogens (primary N) is 1. The van der Waals surface area contributed by atoms with Crippen molar-refractivity contribution in [3.05, 3.63) is 83.9 Å². The summed E-state index contributed by atoms with van der Waals surface area (Å²) in [5.74, 6) is -0.103. The van der Waals surface area contributed by atoms with Crippen molar-refractivity contribution in [2.45, 2.75) is 0 Å². The fraction of sp³-hybridized carbons (Fsp3) is 0. The molecule has 4 rings (SSSR count). The van der Waals surface area contributed by atoms with Crippen molar-refractivity contribution in [2.24, 2.45) is 5.73 Å². The van der Waals surface area contributed by atoms with Crippen LogP contribution in [0.1, 0.15) is 20.7 Å². The Hall–Kier alpha value is -3.93. The number of imidazole rings is 1. The van der Waals surface area contributed by atoms with E-state index in [0.29, 0.717) is 22.5 Å². The lowest BCUT2D eigenvalue weighted by Gasteiger charge is -2.05. The number of primary amides is 1. The molecule has 0 aliphatic rings. The quantitative estimate of drug-likeness (QED) is 0.521. The Labute approximate surface area is 155 Å². The number of aromatic amines is 1. The third-order valence-electron chi connectivity index (χ3n) is 4.23. The number of hydrogen-bond acceptors (Lipinski definition) is 3. The molecule has 6 heteroatoms. The summed E-state index contributed by atoms with van der Waals surface area (Å²) >= 11 is 0. The smallest absolute Gasteiger partial charge is 0.255 e. The molecule has 0 unspecified atom stereocenters. The van der Waals surface area contributed by atoms with Crippen LogP contribution in [0.2, 0.25) is 0 Å². The number of aromatic nitrogens is 2. The lowest BCUT2D eigenvalue weighted by molar-refractivity contribution is 0.0999. The van der Waals surface area contributed by atoms with Gasteiger partial charge in [0.1, 0.15) is 11.3 Å². The lowest BCUT2D eigenvalue weighted by Crippen LogP contribution is -2.11. The van der Waals surface area contributed by atoms with Gasteiger partial charge in [0, 0.05) is 16.8 Å². The molecule has 3 aromatic carbocycles. The molecule has 0 radical (unpaired) electrons. The second-order valence-electron chi connectivity index (χ2n) is 6.05. The maximum Gasteiger partial charge on any atom is 0.255 e. The first-order chi connectivity index (χ1) is 13.1. The minimum Gasteiger partial charge on any atom is -0.366 e. The van der Waals surface area contributed by atoms with Gasteiger partial charge in [0.15, 0.2) is 0 Å². The van der Waals surface area contributed by atoms with E-state index in [0.717, 1.165) is 16.8 Å². The second-order valence-corrected chi connectivity index (χ2v) is 6.05. The second kappa shape index (κ2) is 6.76. The highest BCUT2D eigenvalue weighted by Gasteiger charge is 2.13. The van der Waals surface area contributed by atoms with Gasteiger partial charge in [-0.25, -0.2) is 4.98 Å². The highest BCUT2D eigenvalue weighted by atomic mass is 16.2. The number of rotatable bonds is 4. The van der Waals surface area contributed by atoms with Gasteiger partial charge in [-0.3, -0.25) is 9.59 Å². The zero-order valence-corrected chi connectivity index (χ0v) is 14.3. The molecular formula is C21H16N4O2. The van der Waals surface area contributed by atoms with Crippen LogP contribution in [0.5, 0.6) is 0 Å². The van der Waals surface area contributed by atoms with E-state index in [4.69, 9.17) is 5.73 Å². The van der Waals surface area contributed by atoms with Crippen LogP contribution < -0.4 is 11.1 Å². The largest absolute Gasteiger partial charge is 0.366 e. The summed E-state index contributed by atoms with van der Waals surface area (Å²) in [5, 5.41) is 2.85. The van der Waals surface area contributed by atoms with Gasteiger partial charge in [-0.05, 0) is 36.4 Å². The molecule has 0 spiro atoms. The van der Waals surface area contributed by atoms with Crippen molar-refractivity contribution in [2.75, 3.05) is 5.32 Å². The van der Waals surface area contributed by atoms with Crippen LogP contribution in [-0.2, 0) is 0 Å². The molecule has 1 aromatic heterocycles. The Bertz CT molecular complexity index is 1130. The van der Waals surface area contributed by atoms with Gasteiger partial charge in [-0.2, -0.15) is 0 Å². The van der Waals surface area contributed by atoms with Gasteiger partial charge < -0.3 is 16.0 Å². The molecule has 4 N–H and O–H groups in total. The molecule has 0 fully saturated rings. The Morgan fingerprint density at radius 1 is 0.889 bits per heavy atom. The molecule has 4 aromatic rings. The predicted molar refractivity (Wildman–Crippen MR) is 104 cm³/mol. The van der Waals surface area contributed by atoms with E-state index in [9.17, 15) is 9.59 Å². The van der Waals surface area contributed by atoms with E-state index in [1.165, 1.54) is 0 Å². The first-order valence-electron chi connectivity index (χ1n) is 8.37. The Morgan fingerprint density at radius 2 is 1.63 bits per heavy atom. The highest BCUT2D eigenvalue weighted by Crippen LogP contribution is 2.23. The van der Waals surface area contributed by atoms with Crippen LogP contribution in [0, 0.1) is 0 Å². The summed E-state index contributed by atoms with van der Waals surface area (Å²) in [7, 11) is 0. The van der Waals surface area contributed by atoms with E-state index in [2.05, 4.69) is 15.3 Å². The Morgan fingerprint density at radius 3 is 2.33 bits per heavy atom. The minimum atomic E-state index is -0.522. The Kier molecular flexibility index (Phi) is 4.14. The van der Waals surface area contributed by atoms with Crippen molar-refractivity contribution < 1.29 is 9.59 Å². The average molecular weight is 356 g/mol. The van der Waals surface area contributed by atoms with Gasteiger partial charge in [0.25, 0.3) is 11.8 Å². The molecule has 132 valence electrons. The molecule has 27 heavy (non-hydrogen) atoms. The number of fused-ring (bicyclic) bond motifs is 1. The van der Waals surface area contributed by atoms with Crippen molar-refractivity contribution in [3.63, 3.8) is 0 Å². The first-order valence-corrected chi connectivity index (χ1v) is 8.37.